The summed E-state index contributed by atoms with van der Waals surface area (Å²) in [5, 5.41) is 0. The van der Waals surface area contributed by atoms with Crippen LogP contribution in [0.3, 0.4) is 0 Å². The summed E-state index contributed by atoms with van der Waals surface area (Å²) in [5.74, 6) is -0.846. The molecule has 0 aliphatic heterocycles. The molecule has 0 aliphatic rings. The molecule has 74 heavy (non-hydrogen) atoms. The lowest BCUT2D eigenvalue weighted by atomic mass is 10.0. The Labute approximate surface area is 462 Å². The van der Waals surface area contributed by atoms with Gasteiger partial charge in [0, 0.05) is 19.3 Å². The van der Waals surface area contributed by atoms with Gasteiger partial charge in [-0.2, -0.15) is 0 Å². The predicted octanol–water partition coefficient (Wildman–Crippen LogP) is 22.8. The van der Waals surface area contributed by atoms with Gasteiger partial charge in [-0.25, -0.2) is 0 Å². The highest BCUT2D eigenvalue weighted by Crippen LogP contribution is 2.19. The topological polar surface area (TPSA) is 78.9 Å². The minimum absolute atomic E-state index is 0.0661. The van der Waals surface area contributed by atoms with Crippen LogP contribution in [0, 0.1) is 0 Å². The van der Waals surface area contributed by atoms with Crippen molar-refractivity contribution in [3.05, 3.63) is 12.2 Å². The largest absolute Gasteiger partial charge is 0.462 e. The van der Waals surface area contributed by atoms with Crippen LogP contribution in [0.1, 0.15) is 387 Å². The van der Waals surface area contributed by atoms with E-state index in [2.05, 4.69) is 32.9 Å². The highest BCUT2D eigenvalue weighted by atomic mass is 16.6. The predicted molar refractivity (Wildman–Crippen MR) is 321 cm³/mol. The Hall–Kier alpha value is -1.85. The summed E-state index contributed by atoms with van der Waals surface area (Å²) in [6.07, 6.45) is 75.3. The van der Waals surface area contributed by atoms with E-state index in [1.807, 2.05) is 0 Å². The molecule has 0 aromatic carbocycles. The van der Waals surface area contributed by atoms with Crippen molar-refractivity contribution in [2.75, 3.05) is 13.2 Å². The van der Waals surface area contributed by atoms with Gasteiger partial charge < -0.3 is 14.2 Å². The number of rotatable bonds is 63. The van der Waals surface area contributed by atoms with Crippen molar-refractivity contribution >= 4 is 17.9 Å². The SMILES string of the molecule is CCCC/C=C\CCCCCCCC(=O)OCC(COC(=O)CCCCCCCCCCCCCCCCCCCCCCCCCCCCCC)OC(=O)CCCCCCCCCCCCCCCCCCC. The van der Waals surface area contributed by atoms with Crippen molar-refractivity contribution in [1.82, 2.24) is 0 Å². The Balaban J connectivity index is 4.11. The summed E-state index contributed by atoms with van der Waals surface area (Å²) in [7, 11) is 0. The van der Waals surface area contributed by atoms with Crippen molar-refractivity contribution in [1.29, 1.82) is 0 Å². The van der Waals surface area contributed by atoms with E-state index in [0.29, 0.717) is 19.3 Å². The molecule has 6 heteroatoms. The molecular formula is C68H130O6. The second kappa shape index (κ2) is 63.7. The molecule has 6 nitrogen and oxygen atoms in total. The van der Waals surface area contributed by atoms with E-state index in [-0.39, 0.29) is 31.1 Å². The van der Waals surface area contributed by atoms with E-state index < -0.39 is 6.10 Å². The fourth-order valence-electron chi connectivity index (χ4n) is 10.4. The van der Waals surface area contributed by atoms with Gasteiger partial charge in [0.2, 0.25) is 0 Å². The van der Waals surface area contributed by atoms with Gasteiger partial charge in [0.1, 0.15) is 13.2 Å². The summed E-state index contributed by atoms with van der Waals surface area (Å²) in [6.45, 7) is 6.67. The van der Waals surface area contributed by atoms with Gasteiger partial charge in [-0.05, 0) is 38.5 Å². The third-order valence-corrected chi connectivity index (χ3v) is 15.5. The Morgan fingerprint density at radius 1 is 0.257 bits per heavy atom. The fraction of sp³-hybridized carbons (Fsp3) is 0.926. The molecule has 0 aromatic heterocycles. The van der Waals surface area contributed by atoms with E-state index in [1.54, 1.807) is 0 Å². The number of unbranched alkanes of at least 4 members (excludes halogenated alkanes) is 50. The first-order valence-corrected chi connectivity index (χ1v) is 33.7. The third kappa shape index (κ3) is 61.0. The molecule has 0 saturated carbocycles. The highest BCUT2D eigenvalue weighted by Gasteiger charge is 2.19. The van der Waals surface area contributed by atoms with Gasteiger partial charge in [0.15, 0.2) is 6.10 Å². The standard InChI is InChI=1S/C68H130O6/c1-4-7-10-13-16-19-22-24-26-28-29-30-31-32-33-34-35-36-37-38-40-41-43-46-49-52-55-58-61-67(70)73-64-65(63-72-66(69)60-57-54-51-48-45-21-18-15-12-9-6-3)74-68(71)62-59-56-53-50-47-44-42-39-27-25-23-20-17-14-11-8-5-2/h15,18,65H,4-14,16-17,19-64H2,1-3H3/b18-15-. The van der Waals surface area contributed by atoms with Crippen molar-refractivity contribution in [3.8, 4) is 0 Å². The van der Waals surface area contributed by atoms with Crippen LogP contribution < -0.4 is 0 Å². The van der Waals surface area contributed by atoms with Gasteiger partial charge in [-0.1, -0.05) is 341 Å². The molecule has 0 heterocycles. The number of hydrogen-bond acceptors (Lipinski definition) is 6. The summed E-state index contributed by atoms with van der Waals surface area (Å²) >= 11 is 0. The zero-order chi connectivity index (χ0) is 53.6. The number of ether oxygens (including phenoxy) is 3. The van der Waals surface area contributed by atoms with Crippen molar-refractivity contribution in [3.63, 3.8) is 0 Å². The molecule has 0 N–H and O–H groups in total. The van der Waals surface area contributed by atoms with E-state index in [0.717, 1.165) is 64.2 Å². The third-order valence-electron chi connectivity index (χ3n) is 15.5. The molecule has 1 atom stereocenters. The number of carbonyl (C=O) groups is 3. The molecule has 438 valence electrons. The first-order chi connectivity index (χ1) is 36.5. The van der Waals surface area contributed by atoms with E-state index in [1.165, 1.54) is 283 Å². The first kappa shape index (κ1) is 72.2. The van der Waals surface area contributed by atoms with E-state index in [9.17, 15) is 14.4 Å². The lowest BCUT2D eigenvalue weighted by Crippen LogP contribution is -2.30. The average molecular weight is 1040 g/mol. The van der Waals surface area contributed by atoms with Gasteiger partial charge in [0.25, 0.3) is 0 Å². The molecule has 0 amide bonds. The van der Waals surface area contributed by atoms with Gasteiger partial charge in [0.05, 0.1) is 0 Å². The molecule has 0 rings (SSSR count). The Kier molecular flexibility index (Phi) is 62.1. The van der Waals surface area contributed by atoms with Gasteiger partial charge >= 0.3 is 17.9 Å². The van der Waals surface area contributed by atoms with Crippen molar-refractivity contribution < 1.29 is 28.6 Å². The monoisotopic (exact) mass is 1040 g/mol. The Morgan fingerprint density at radius 2 is 0.459 bits per heavy atom. The molecule has 0 spiro atoms. The Bertz CT molecular complexity index is 1150. The van der Waals surface area contributed by atoms with Crippen LogP contribution in [-0.4, -0.2) is 37.2 Å². The lowest BCUT2D eigenvalue weighted by Gasteiger charge is -2.18. The molecule has 0 saturated heterocycles. The van der Waals surface area contributed by atoms with Crippen molar-refractivity contribution in [2.24, 2.45) is 0 Å². The maximum absolute atomic E-state index is 12.9. The molecule has 1 unspecified atom stereocenters. The summed E-state index contributed by atoms with van der Waals surface area (Å²) in [6, 6.07) is 0. The normalized spacial score (nSPS) is 12.0. The quantitative estimate of drug-likeness (QED) is 0.0261. The number of carbonyl (C=O) groups excluding carboxylic acids is 3. The van der Waals surface area contributed by atoms with Gasteiger partial charge in [-0.15, -0.1) is 0 Å². The molecule has 0 fully saturated rings. The number of esters is 3. The van der Waals surface area contributed by atoms with Crippen LogP contribution in [-0.2, 0) is 28.6 Å². The molecule has 0 aliphatic carbocycles. The second-order valence-corrected chi connectivity index (χ2v) is 23.1. The van der Waals surface area contributed by atoms with Crippen LogP contribution in [0.4, 0.5) is 0 Å². The van der Waals surface area contributed by atoms with Crippen LogP contribution in [0.25, 0.3) is 0 Å². The highest BCUT2D eigenvalue weighted by molar-refractivity contribution is 5.71. The van der Waals surface area contributed by atoms with Crippen LogP contribution in [0.15, 0.2) is 12.2 Å². The zero-order valence-corrected chi connectivity index (χ0v) is 50.4. The minimum Gasteiger partial charge on any atom is -0.462 e. The summed E-state index contributed by atoms with van der Waals surface area (Å²) < 4.78 is 16.9. The van der Waals surface area contributed by atoms with E-state index >= 15 is 0 Å². The van der Waals surface area contributed by atoms with Crippen LogP contribution in [0.2, 0.25) is 0 Å². The fourth-order valence-corrected chi connectivity index (χ4v) is 10.4. The summed E-state index contributed by atoms with van der Waals surface area (Å²) in [5.41, 5.74) is 0. The van der Waals surface area contributed by atoms with Gasteiger partial charge in [-0.3, -0.25) is 14.4 Å². The maximum Gasteiger partial charge on any atom is 0.306 e. The number of allylic oxidation sites excluding steroid dienone is 2. The molecular weight excluding hydrogens is 913 g/mol. The number of hydrogen-bond donors (Lipinski definition) is 0. The average Bonchev–Trinajstić information content (AvgIpc) is 3.40. The minimum atomic E-state index is -0.768. The summed E-state index contributed by atoms with van der Waals surface area (Å²) in [4.78, 5) is 38.2. The van der Waals surface area contributed by atoms with Crippen LogP contribution in [0.5, 0.6) is 0 Å². The van der Waals surface area contributed by atoms with E-state index in [4.69, 9.17) is 14.2 Å². The Morgan fingerprint density at radius 3 is 0.716 bits per heavy atom. The molecule has 0 aromatic rings. The smallest absolute Gasteiger partial charge is 0.306 e. The molecule has 0 bridgehead atoms. The van der Waals surface area contributed by atoms with Crippen molar-refractivity contribution in [2.45, 2.75) is 393 Å². The zero-order valence-electron chi connectivity index (χ0n) is 50.4. The first-order valence-electron chi connectivity index (χ1n) is 33.7. The van der Waals surface area contributed by atoms with Crippen LogP contribution >= 0.6 is 0 Å². The lowest BCUT2D eigenvalue weighted by molar-refractivity contribution is -0.167. The molecule has 0 radical (unpaired) electrons. The second-order valence-electron chi connectivity index (χ2n) is 23.1. The maximum atomic E-state index is 12.9.